The van der Waals surface area contributed by atoms with Crippen LogP contribution in [0.4, 0.5) is 0 Å². The number of carbonyl (C=O) groups is 1. The highest BCUT2D eigenvalue weighted by molar-refractivity contribution is 5.87. The first kappa shape index (κ1) is 15.5. The normalized spacial score (nSPS) is 19.0. The standard InChI is InChI=1S/C18H18N4O3/c23-18(24)13-3-1-2-12(8-13)9-21-22-6-4-15(14-10-19-20-11-14)17-16(22)5-7-25-17/h1-4,6,8,10-11,16,21H,5,7,9H2,(H,19,20)(H,23,24). The number of benzene rings is 1. The molecule has 7 heteroatoms. The van der Waals surface area contributed by atoms with Crippen molar-refractivity contribution < 1.29 is 14.6 Å². The van der Waals surface area contributed by atoms with Crippen molar-refractivity contribution in [3.05, 3.63) is 71.4 Å². The first-order valence-electron chi connectivity index (χ1n) is 8.11. The minimum absolute atomic E-state index is 0.123. The molecule has 1 aromatic heterocycles. The van der Waals surface area contributed by atoms with Gasteiger partial charge in [-0.3, -0.25) is 5.10 Å². The second-order valence-corrected chi connectivity index (χ2v) is 5.98. The number of aromatic amines is 1. The van der Waals surface area contributed by atoms with Gasteiger partial charge in [-0.2, -0.15) is 5.10 Å². The van der Waals surface area contributed by atoms with Crippen molar-refractivity contribution in [3.8, 4) is 0 Å². The molecule has 3 heterocycles. The number of hydrogen-bond donors (Lipinski definition) is 3. The Morgan fingerprint density at radius 1 is 1.48 bits per heavy atom. The number of fused-ring (bicyclic) bond motifs is 1. The van der Waals surface area contributed by atoms with E-state index in [1.165, 1.54) is 0 Å². The SMILES string of the molecule is O=C(O)c1cccc(CNN2C=CC(c3cn[nH]c3)=C3OCCC32)c1. The number of H-pyrrole nitrogens is 1. The van der Waals surface area contributed by atoms with E-state index in [0.29, 0.717) is 18.7 Å². The summed E-state index contributed by atoms with van der Waals surface area (Å²) in [6.07, 6.45) is 8.52. The van der Waals surface area contributed by atoms with Crippen molar-refractivity contribution in [2.45, 2.75) is 19.0 Å². The van der Waals surface area contributed by atoms with Gasteiger partial charge < -0.3 is 14.9 Å². The van der Waals surface area contributed by atoms with Gasteiger partial charge >= 0.3 is 5.97 Å². The molecular weight excluding hydrogens is 320 g/mol. The Labute approximate surface area is 144 Å². The minimum atomic E-state index is -0.918. The van der Waals surface area contributed by atoms with Crippen molar-refractivity contribution in [2.24, 2.45) is 0 Å². The molecule has 2 aromatic rings. The number of allylic oxidation sites excluding steroid dienone is 2. The zero-order chi connectivity index (χ0) is 17.2. The molecule has 0 spiro atoms. The van der Waals surface area contributed by atoms with E-state index in [1.807, 2.05) is 29.5 Å². The topological polar surface area (TPSA) is 90.5 Å². The van der Waals surface area contributed by atoms with E-state index >= 15 is 0 Å². The van der Waals surface area contributed by atoms with Gasteiger partial charge in [0.15, 0.2) is 0 Å². The first-order valence-corrected chi connectivity index (χ1v) is 8.11. The highest BCUT2D eigenvalue weighted by Gasteiger charge is 2.33. The van der Waals surface area contributed by atoms with Crippen molar-refractivity contribution in [2.75, 3.05) is 6.61 Å². The molecule has 4 rings (SSSR count). The van der Waals surface area contributed by atoms with Gasteiger partial charge in [-0.15, -0.1) is 0 Å². The van der Waals surface area contributed by atoms with Gasteiger partial charge in [0.25, 0.3) is 0 Å². The van der Waals surface area contributed by atoms with E-state index in [2.05, 4.69) is 15.6 Å². The van der Waals surface area contributed by atoms with Crippen molar-refractivity contribution in [1.29, 1.82) is 0 Å². The number of nitrogens with one attached hydrogen (secondary N) is 2. The third-order valence-electron chi connectivity index (χ3n) is 4.40. The van der Waals surface area contributed by atoms with Gasteiger partial charge in [-0.25, -0.2) is 10.2 Å². The van der Waals surface area contributed by atoms with Crippen LogP contribution in [-0.2, 0) is 11.3 Å². The fourth-order valence-electron chi connectivity index (χ4n) is 3.17. The van der Waals surface area contributed by atoms with E-state index in [9.17, 15) is 4.79 Å². The molecule has 0 amide bonds. The highest BCUT2D eigenvalue weighted by atomic mass is 16.5. The molecule has 0 aliphatic carbocycles. The molecule has 3 N–H and O–H groups in total. The molecule has 1 aromatic carbocycles. The van der Waals surface area contributed by atoms with Crippen LogP contribution in [0.3, 0.4) is 0 Å². The van der Waals surface area contributed by atoms with Crippen molar-refractivity contribution >= 4 is 11.5 Å². The van der Waals surface area contributed by atoms with Crippen LogP contribution in [0, 0.1) is 0 Å². The third kappa shape index (κ3) is 3.01. The van der Waals surface area contributed by atoms with E-state index in [1.54, 1.807) is 24.4 Å². The largest absolute Gasteiger partial charge is 0.495 e. The lowest BCUT2D eigenvalue weighted by molar-refractivity contribution is 0.0696. The summed E-state index contributed by atoms with van der Waals surface area (Å²) < 4.78 is 5.85. The Morgan fingerprint density at radius 2 is 2.40 bits per heavy atom. The van der Waals surface area contributed by atoms with Gasteiger partial charge in [0, 0.05) is 36.5 Å². The molecule has 1 fully saturated rings. The number of aromatic nitrogens is 2. The average molecular weight is 338 g/mol. The number of ether oxygens (including phenoxy) is 1. The van der Waals surface area contributed by atoms with Gasteiger partial charge in [-0.05, 0) is 23.8 Å². The lowest BCUT2D eigenvalue weighted by atomic mass is 10.0. The summed E-state index contributed by atoms with van der Waals surface area (Å²) in [7, 11) is 0. The Kier molecular flexibility index (Phi) is 3.99. The number of hydrazine groups is 1. The number of rotatable bonds is 5. The maximum atomic E-state index is 11.1. The number of carboxylic acids is 1. The second-order valence-electron chi connectivity index (χ2n) is 5.98. The molecule has 0 saturated carbocycles. The van der Waals surface area contributed by atoms with Crippen LogP contribution in [0.15, 0.2) is 54.7 Å². The van der Waals surface area contributed by atoms with Gasteiger partial charge in [0.1, 0.15) is 11.8 Å². The van der Waals surface area contributed by atoms with E-state index in [4.69, 9.17) is 9.84 Å². The molecule has 0 bridgehead atoms. The van der Waals surface area contributed by atoms with Gasteiger partial charge in [0.05, 0.1) is 18.4 Å². The van der Waals surface area contributed by atoms with Gasteiger partial charge in [-0.1, -0.05) is 12.1 Å². The maximum Gasteiger partial charge on any atom is 0.335 e. The van der Waals surface area contributed by atoms with E-state index in [0.717, 1.165) is 28.9 Å². The first-order chi connectivity index (χ1) is 12.2. The second kappa shape index (κ2) is 6.45. The molecule has 7 nitrogen and oxygen atoms in total. The monoisotopic (exact) mass is 338 g/mol. The summed E-state index contributed by atoms with van der Waals surface area (Å²) in [6.45, 7) is 1.21. The number of nitrogens with zero attached hydrogens (tertiary/aromatic N) is 2. The predicted molar refractivity (Wildman–Crippen MR) is 91.1 cm³/mol. The molecular formula is C18H18N4O3. The van der Waals surface area contributed by atoms with Crippen molar-refractivity contribution in [3.63, 3.8) is 0 Å². The Balaban J connectivity index is 1.49. The summed E-state index contributed by atoms with van der Waals surface area (Å²) in [5, 5.41) is 18.0. The summed E-state index contributed by atoms with van der Waals surface area (Å²) in [5.74, 6) is 0.0228. The summed E-state index contributed by atoms with van der Waals surface area (Å²) in [6, 6.07) is 7.06. The fourth-order valence-corrected chi connectivity index (χ4v) is 3.17. The van der Waals surface area contributed by atoms with Crippen LogP contribution in [-0.4, -0.2) is 38.9 Å². The fraction of sp³-hybridized carbons (Fsp3) is 0.222. The van der Waals surface area contributed by atoms with E-state index in [-0.39, 0.29) is 6.04 Å². The van der Waals surface area contributed by atoms with E-state index < -0.39 is 5.97 Å². The summed E-state index contributed by atoms with van der Waals surface area (Å²) >= 11 is 0. The molecule has 128 valence electrons. The van der Waals surface area contributed by atoms with Gasteiger partial charge in [0.2, 0.25) is 0 Å². The van der Waals surface area contributed by atoms with Crippen molar-refractivity contribution in [1.82, 2.24) is 20.6 Å². The highest BCUT2D eigenvalue weighted by Crippen LogP contribution is 2.34. The Bertz CT molecular complexity index is 842. The Hall–Kier alpha value is -3.06. The number of aromatic carboxylic acids is 1. The number of hydrogen-bond acceptors (Lipinski definition) is 5. The van der Waals surface area contributed by atoms with Crippen LogP contribution in [0.25, 0.3) is 5.57 Å². The molecule has 1 saturated heterocycles. The molecule has 1 unspecified atom stereocenters. The quantitative estimate of drug-likeness (QED) is 0.774. The summed E-state index contributed by atoms with van der Waals surface area (Å²) in [5.41, 5.74) is 6.61. The lowest BCUT2D eigenvalue weighted by Gasteiger charge is -2.31. The van der Waals surface area contributed by atoms with Crippen LogP contribution < -0.4 is 5.43 Å². The summed E-state index contributed by atoms with van der Waals surface area (Å²) in [4.78, 5) is 11.1. The van der Waals surface area contributed by atoms with Crippen LogP contribution in [0.2, 0.25) is 0 Å². The minimum Gasteiger partial charge on any atom is -0.495 e. The molecule has 25 heavy (non-hydrogen) atoms. The average Bonchev–Trinajstić information content (AvgIpc) is 3.31. The van der Waals surface area contributed by atoms with Crippen LogP contribution >= 0.6 is 0 Å². The smallest absolute Gasteiger partial charge is 0.335 e. The zero-order valence-electron chi connectivity index (χ0n) is 13.5. The maximum absolute atomic E-state index is 11.1. The molecule has 0 radical (unpaired) electrons. The molecule has 2 aliphatic heterocycles. The predicted octanol–water partition coefficient (Wildman–Crippen LogP) is 2.14. The molecule has 1 atom stereocenters. The Morgan fingerprint density at radius 3 is 3.20 bits per heavy atom. The van der Waals surface area contributed by atoms with Crippen LogP contribution in [0.1, 0.15) is 27.9 Å². The molecule has 2 aliphatic rings. The lowest BCUT2D eigenvalue weighted by Crippen LogP contribution is -2.42. The number of carboxylic acid groups (broad SMARTS) is 1. The van der Waals surface area contributed by atoms with Crippen LogP contribution in [0.5, 0.6) is 0 Å². The third-order valence-corrected chi connectivity index (χ3v) is 4.40. The zero-order valence-corrected chi connectivity index (χ0v) is 13.5.